The van der Waals surface area contributed by atoms with Crippen molar-refractivity contribution in [3.05, 3.63) is 40.6 Å². The molecule has 1 aromatic carbocycles. The minimum absolute atomic E-state index is 0.131. The van der Waals surface area contributed by atoms with Crippen LogP contribution in [0.1, 0.15) is 17.7 Å². The summed E-state index contributed by atoms with van der Waals surface area (Å²) in [5.74, 6) is 0.527. The standard InChI is InChI=1S/C17H20N2O4S2/c1-23-16-7-5-13(19-9-3-11-25(19,21)22)12-15(16)18-17(20)8-6-14-4-2-10-24-14/h2,4-5,7,10,12H,3,6,8-9,11H2,1H3,(H,18,20). The van der Waals surface area contributed by atoms with E-state index in [2.05, 4.69) is 5.32 Å². The molecule has 2 aromatic rings. The normalized spacial score (nSPS) is 16.0. The number of hydrogen-bond acceptors (Lipinski definition) is 5. The number of rotatable bonds is 6. The summed E-state index contributed by atoms with van der Waals surface area (Å²) in [4.78, 5) is 13.4. The van der Waals surface area contributed by atoms with Gasteiger partial charge in [-0.3, -0.25) is 9.10 Å². The van der Waals surface area contributed by atoms with E-state index in [1.165, 1.54) is 11.4 Å². The van der Waals surface area contributed by atoms with E-state index in [0.717, 1.165) is 4.88 Å². The van der Waals surface area contributed by atoms with E-state index in [9.17, 15) is 13.2 Å². The van der Waals surface area contributed by atoms with Gasteiger partial charge in [-0.1, -0.05) is 6.07 Å². The minimum atomic E-state index is -3.26. The highest BCUT2D eigenvalue weighted by atomic mass is 32.2. The number of nitrogens with zero attached hydrogens (tertiary/aromatic N) is 1. The Bertz CT molecular complexity index is 848. The maximum absolute atomic E-state index is 12.2. The Kier molecular flexibility index (Phi) is 5.29. The summed E-state index contributed by atoms with van der Waals surface area (Å²) in [5, 5.41) is 4.82. The highest BCUT2D eigenvalue weighted by molar-refractivity contribution is 7.93. The Labute approximate surface area is 151 Å². The van der Waals surface area contributed by atoms with Gasteiger partial charge in [-0.25, -0.2) is 8.42 Å². The molecule has 1 N–H and O–H groups in total. The van der Waals surface area contributed by atoms with E-state index in [-0.39, 0.29) is 11.7 Å². The van der Waals surface area contributed by atoms with Crippen LogP contribution in [0.4, 0.5) is 11.4 Å². The number of carbonyl (C=O) groups is 1. The van der Waals surface area contributed by atoms with E-state index >= 15 is 0 Å². The number of methoxy groups -OCH3 is 1. The summed E-state index contributed by atoms with van der Waals surface area (Å²) in [5.41, 5.74) is 1.03. The number of thiophene rings is 1. The number of sulfonamides is 1. The highest BCUT2D eigenvalue weighted by Crippen LogP contribution is 2.32. The molecule has 2 heterocycles. The molecule has 1 aliphatic heterocycles. The number of aryl methyl sites for hydroxylation is 1. The van der Waals surface area contributed by atoms with Crippen LogP contribution in [0.5, 0.6) is 5.75 Å². The van der Waals surface area contributed by atoms with E-state index in [0.29, 0.717) is 42.9 Å². The predicted octanol–water partition coefficient (Wildman–Crippen LogP) is 2.87. The largest absolute Gasteiger partial charge is 0.495 e. The first kappa shape index (κ1) is 17.8. The van der Waals surface area contributed by atoms with Crippen LogP contribution >= 0.6 is 11.3 Å². The Hall–Kier alpha value is -2.06. The van der Waals surface area contributed by atoms with Crippen LogP contribution in [0, 0.1) is 0 Å². The summed E-state index contributed by atoms with van der Waals surface area (Å²) in [6, 6.07) is 8.99. The number of hydrogen-bond donors (Lipinski definition) is 1. The lowest BCUT2D eigenvalue weighted by Crippen LogP contribution is -2.25. The maximum atomic E-state index is 12.2. The molecule has 8 heteroatoms. The van der Waals surface area contributed by atoms with Gasteiger partial charge in [0.1, 0.15) is 5.75 Å². The van der Waals surface area contributed by atoms with Crippen molar-refractivity contribution in [1.82, 2.24) is 0 Å². The fourth-order valence-corrected chi connectivity index (χ4v) is 5.05. The van der Waals surface area contributed by atoms with Gasteiger partial charge < -0.3 is 10.1 Å². The molecular formula is C17H20N2O4S2. The maximum Gasteiger partial charge on any atom is 0.235 e. The third kappa shape index (κ3) is 4.13. The zero-order valence-electron chi connectivity index (χ0n) is 13.9. The number of nitrogens with one attached hydrogen (secondary N) is 1. The fraction of sp³-hybridized carbons (Fsp3) is 0.353. The van der Waals surface area contributed by atoms with Crippen LogP contribution in [0.25, 0.3) is 0 Å². The summed E-state index contributed by atoms with van der Waals surface area (Å²) in [6.45, 7) is 0.459. The summed E-state index contributed by atoms with van der Waals surface area (Å²) in [7, 11) is -1.75. The van der Waals surface area contributed by atoms with Crippen LogP contribution < -0.4 is 14.4 Å². The van der Waals surface area contributed by atoms with Crippen LogP contribution in [-0.4, -0.2) is 33.7 Å². The molecule has 3 rings (SSSR count). The van der Waals surface area contributed by atoms with Crippen LogP contribution in [0.15, 0.2) is 35.7 Å². The molecular weight excluding hydrogens is 360 g/mol. The van der Waals surface area contributed by atoms with Crippen molar-refractivity contribution < 1.29 is 17.9 Å². The van der Waals surface area contributed by atoms with Crippen molar-refractivity contribution in [2.45, 2.75) is 19.3 Å². The second-order valence-electron chi connectivity index (χ2n) is 5.75. The Morgan fingerprint density at radius 1 is 1.36 bits per heavy atom. The van der Waals surface area contributed by atoms with Crippen molar-refractivity contribution in [1.29, 1.82) is 0 Å². The van der Waals surface area contributed by atoms with Gasteiger partial charge in [0.2, 0.25) is 15.9 Å². The van der Waals surface area contributed by atoms with E-state index in [1.54, 1.807) is 29.5 Å². The molecule has 0 saturated carbocycles. The lowest BCUT2D eigenvalue weighted by molar-refractivity contribution is -0.116. The third-order valence-corrected chi connectivity index (χ3v) is 6.83. The summed E-state index contributed by atoms with van der Waals surface area (Å²) < 4.78 is 30.9. The molecule has 1 aliphatic rings. The van der Waals surface area contributed by atoms with Gasteiger partial charge in [-0.05, 0) is 42.5 Å². The second kappa shape index (κ2) is 7.45. The minimum Gasteiger partial charge on any atom is -0.495 e. The molecule has 0 unspecified atom stereocenters. The Morgan fingerprint density at radius 2 is 2.20 bits per heavy atom. The monoisotopic (exact) mass is 380 g/mol. The Balaban J connectivity index is 1.75. The first-order chi connectivity index (χ1) is 12.0. The topological polar surface area (TPSA) is 75.7 Å². The average Bonchev–Trinajstić information content (AvgIpc) is 3.22. The van der Waals surface area contributed by atoms with Gasteiger partial charge in [0.05, 0.1) is 24.2 Å². The van der Waals surface area contributed by atoms with Crippen molar-refractivity contribution >= 4 is 38.6 Å². The molecule has 0 bridgehead atoms. The predicted molar refractivity (Wildman–Crippen MR) is 100 cm³/mol. The zero-order chi connectivity index (χ0) is 17.9. The first-order valence-electron chi connectivity index (χ1n) is 8.00. The molecule has 134 valence electrons. The van der Waals surface area contributed by atoms with E-state index in [1.807, 2.05) is 17.5 Å². The molecule has 25 heavy (non-hydrogen) atoms. The van der Waals surface area contributed by atoms with Gasteiger partial charge in [0.15, 0.2) is 0 Å². The van der Waals surface area contributed by atoms with E-state index < -0.39 is 10.0 Å². The zero-order valence-corrected chi connectivity index (χ0v) is 15.5. The molecule has 0 radical (unpaired) electrons. The van der Waals surface area contributed by atoms with Gasteiger partial charge >= 0.3 is 0 Å². The van der Waals surface area contributed by atoms with Gasteiger partial charge in [-0.15, -0.1) is 11.3 Å². The van der Waals surface area contributed by atoms with Crippen LogP contribution in [0.2, 0.25) is 0 Å². The number of benzene rings is 1. The average molecular weight is 380 g/mol. The van der Waals surface area contributed by atoms with Gasteiger partial charge in [0.25, 0.3) is 0 Å². The lowest BCUT2D eigenvalue weighted by atomic mass is 10.2. The molecule has 6 nitrogen and oxygen atoms in total. The van der Waals surface area contributed by atoms with Gasteiger partial charge in [0, 0.05) is 17.8 Å². The van der Waals surface area contributed by atoms with Crippen molar-refractivity contribution in [2.24, 2.45) is 0 Å². The van der Waals surface area contributed by atoms with Crippen molar-refractivity contribution in [3.8, 4) is 5.75 Å². The first-order valence-corrected chi connectivity index (χ1v) is 10.5. The molecule has 0 spiro atoms. The van der Waals surface area contributed by atoms with Crippen molar-refractivity contribution in [3.63, 3.8) is 0 Å². The number of carbonyl (C=O) groups excluding carboxylic acids is 1. The quantitative estimate of drug-likeness (QED) is 0.836. The number of amides is 1. The summed E-state index contributed by atoms with van der Waals surface area (Å²) in [6.07, 6.45) is 1.64. The molecule has 0 atom stereocenters. The van der Waals surface area contributed by atoms with Crippen molar-refractivity contribution in [2.75, 3.05) is 29.0 Å². The highest BCUT2D eigenvalue weighted by Gasteiger charge is 2.29. The number of ether oxygens (including phenoxy) is 1. The Morgan fingerprint density at radius 3 is 2.84 bits per heavy atom. The molecule has 0 aliphatic carbocycles. The number of anilines is 2. The SMILES string of the molecule is COc1ccc(N2CCCS2(=O)=O)cc1NC(=O)CCc1cccs1. The lowest BCUT2D eigenvalue weighted by Gasteiger charge is -2.19. The third-order valence-electron chi connectivity index (χ3n) is 4.02. The van der Waals surface area contributed by atoms with Gasteiger partial charge in [-0.2, -0.15) is 0 Å². The second-order valence-corrected chi connectivity index (χ2v) is 8.80. The summed E-state index contributed by atoms with van der Waals surface area (Å²) >= 11 is 1.62. The molecule has 1 aromatic heterocycles. The fourth-order valence-electron chi connectivity index (χ4n) is 2.78. The smallest absolute Gasteiger partial charge is 0.235 e. The molecule has 1 saturated heterocycles. The molecule has 1 amide bonds. The van der Waals surface area contributed by atoms with E-state index in [4.69, 9.17) is 4.74 Å². The van der Waals surface area contributed by atoms with Crippen LogP contribution in [-0.2, 0) is 21.2 Å². The molecule has 1 fully saturated rings. The van der Waals surface area contributed by atoms with Crippen LogP contribution in [0.3, 0.4) is 0 Å².